The number of nitrogens with one attached hydrogen (secondary N) is 1. The Morgan fingerprint density at radius 2 is 2.56 bits per heavy atom. The maximum absolute atomic E-state index is 5.22. The quantitative estimate of drug-likeness (QED) is 0.875. The molecule has 0 aromatic carbocycles. The van der Waals surface area contributed by atoms with E-state index in [2.05, 4.69) is 25.2 Å². The van der Waals surface area contributed by atoms with Gasteiger partial charge in [0.15, 0.2) is 5.76 Å². The maximum Gasteiger partial charge on any atom is 0.254 e. The Hall–Kier alpha value is -1.89. The lowest BCUT2D eigenvalue weighted by Crippen LogP contribution is -2.23. The van der Waals surface area contributed by atoms with E-state index in [1.54, 1.807) is 13.4 Å². The molecule has 0 unspecified atom stereocenters. The molecule has 18 heavy (non-hydrogen) atoms. The first-order chi connectivity index (χ1) is 8.86. The number of hydrogen-bond donors (Lipinski definition) is 1. The van der Waals surface area contributed by atoms with Gasteiger partial charge in [-0.1, -0.05) is 0 Å². The van der Waals surface area contributed by atoms with E-state index in [0.29, 0.717) is 12.4 Å². The molecule has 1 fully saturated rings. The zero-order chi connectivity index (χ0) is 12.4. The predicted octanol–water partition coefficient (Wildman–Crippen LogP) is 1.14. The van der Waals surface area contributed by atoms with Gasteiger partial charge < -0.3 is 9.26 Å². The van der Waals surface area contributed by atoms with Gasteiger partial charge in [0.2, 0.25) is 0 Å². The van der Waals surface area contributed by atoms with Gasteiger partial charge in [0, 0.05) is 6.07 Å². The molecule has 1 aliphatic rings. The van der Waals surface area contributed by atoms with Crippen molar-refractivity contribution >= 4 is 0 Å². The first-order valence-corrected chi connectivity index (χ1v) is 5.95. The smallest absolute Gasteiger partial charge is 0.254 e. The lowest BCUT2D eigenvalue weighted by molar-refractivity contribution is 0.209. The number of likely N-dealkylation sites (tertiary alicyclic amines) is 1. The predicted molar refractivity (Wildman–Crippen MR) is 61.8 cm³/mol. The lowest BCUT2D eigenvalue weighted by Gasteiger charge is -2.20. The van der Waals surface area contributed by atoms with E-state index in [1.165, 1.54) is 0 Å². The molecular weight excluding hydrogens is 234 g/mol. The van der Waals surface area contributed by atoms with Crippen LogP contribution in [0.5, 0.6) is 5.88 Å². The van der Waals surface area contributed by atoms with Gasteiger partial charge in [-0.25, -0.2) is 4.98 Å². The maximum atomic E-state index is 5.22. The number of rotatable bonds is 4. The molecule has 1 aliphatic heterocycles. The molecule has 0 aliphatic carbocycles. The van der Waals surface area contributed by atoms with Crippen molar-refractivity contribution in [2.75, 3.05) is 13.7 Å². The second-order valence-electron chi connectivity index (χ2n) is 4.33. The van der Waals surface area contributed by atoms with Crippen molar-refractivity contribution in [1.82, 2.24) is 25.2 Å². The van der Waals surface area contributed by atoms with Gasteiger partial charge in [0.1, 0.15) is 12.2 Å². The van der Waals surface area contributed by atoms with Gasteiger partial charge in [0.25, 0.3) is 5.88 Å². The summed E-state index contributed by atoms with van der Waals surface area (Å²) in [4.78, 5) is 6.54. The molecule has 0 spiro atoms. The molecule has 7 nitrogen and oxygen atoms in total. The minimum atomic E-state index is 0.281. The highest BCUT2D eigenvalue weighted by Crippen LogP contribution is 2.31. The Kier molecular flexibility index (Phi) is 2.97. The summed E-state index contributed by atoms with van der Waals surface area (Å²) in [6.07, 6.45) is 3.78. The van der Waals surface area contributed by atoms with Crippen molar-refractivity contribution < 1.29 is 9.26 Å². The number of aromatic amines is 1. The molecule has 7 heteroatoms. The Bertz CT molecular complexity index is 495. The van der Waals surface area contributed by atoms with E-state index in [4.69, 9.17) is 9.26 Å². The van der Waals surface area contributed by atoms with Crippen LogP contribution in [0.4, 0.5) is 0 Å². The topological polar surface area (TPSA) is 80.1 Å². The van der Waals surface area contributed by atoms with Crippen LogP contribution in [0.3, 0.4) is 0 Å². The molecule has 0 bridgehead atoms. The Morgan fingerprint density at radius 1 is 1.61 bits per heavy atom. The van der Waals surface area contributed by atoms with Gasteiger partial charge in [-0.15, -0.1) is 0 Å². The van der Waals surface area contributed by atoms with Crippen molar-refractivity contribution in [3.63, 3.8) is 0 Å². The third kappa shape index (κ3) is 2.08. The largest absolute Gasteiger partial charge is 0.479 e. The van der Waals surface area contributed by atoms with Crippen molar-refractivity contribution in [2.24, 2.45) is 0 Å². The minimum absolute atomic E-state index is 0.281. The molecule has 3 heterocycles. The Labute approximate surface area is 104 Å². The third-order valence-corrected chi connectivity index (χ3v) is 3.22. The van der Waals surface area contributed by atoms with Crippen LogP contribution >= 0.6 is 0 Å². The number of H-pyrrole nitrogens is 1. The van der Waals surface area contributed by atoms with Crippen LogP contribution < -0.4 is 4.74 Å². The summed E-state index contributed by atoms with van der Waals surface area (Å²) in [5, 5.41) is 10.6. The fraction of sp³-hybridized carbons (Fsp3) is 0.545. The normalized spacial score (nSPS) is 20.4. The summed E-state index contributed by atoms with van der Waals surface area (Å²) in [6, 6.07) is 2.10. The molecule has 0 radical (unpaired) electrons. The van der Waals surface area contributed by atoms with Crippen molar-refractivity contribution in [1.29, 1.82) is 0 Å². The molecule has 3 rings (SSSR count). The van der Waals surface area contributed by atoms with E-state index in [1.807, 2.05) is 6.07 Å². The van der Waals surface area contributed by atoms with Gasteiger partial charge in [-0.05, 0) is 24.5 Å². The Morgan fingerprint density at radius 3 is 3.28 bits per heavy atom. The molecular formula is C11H15N5O2. The summed E-state index contributed by atoms with van der Waals surface area (Å²) in [6.45, 7) is 1.73. The summed E-state index contributed by atoms with van der Waals surface area (Å²) in [7, 11) is 1.58. The minimum Gasteiger partial charge on any atom is -0.479 e. The van der Waals surface area contributed by atoms with Crippen LogP contribution in [0.1, 0.15) is 30.5 Å². The van der Waals surface area contributed by atoms with Crippen LogP contribution in [0.25, 0.3) is 0 Å². The zero-order valence-electron chi connectivity index (χ0n) is 10.2. The number of nitrogens with zero attached hydrogens (tertiary/aromatic N) is 4. The number of methoxy groups -OCH3 is 1. The monoisotopic (exact) mass is 249 g/mol. The molecule has 0 saturated carbocycles. The van der Waals surface area contributed by atoms with Gasteiger partial charge in [-0.2, -0.15) is 5.10 Å². The van der Waals surface area contributed by atoms with E-state index >= 15 is 0 Å². The van der Waals surface area contributed by atoms with E-state index in [-0.39, 0.29) is 6.04 Å². The molecule has 96 valence electrons. The van der Waals surface area contributed by atoms with Gasteiger partial charge in [0.05, 0.1) is 19.7 Å². The fourth-order valence-corrected chi connectivity index (χ4v) is 2.37. The van der Waals surface area contributed by atoms with Gasteiger partial charge >= 0.3 is 0 Å². The molecule has 2 aromatic heterocycles. The van der Waals surface area contributed by atoms with Crippen molar-refractivity contribution in [2.45, 2.75) is 25.4 Å². The third-order valence-electron chi connectivity index (χ3n) is 3.22. The lowest BCUT2D eigenvalue weighted by atomic mass is 10.2. The standard InChI is InChI=1S/C11H15N5O2/c1-17-10-5-8(18-15-10)6-16-4-2-3-9(16)11-12-7-13-14-11/h5,7,9H,2-4,6H2,1H3,(H,12,13,14)/t9-/m0/s1. The van der Waals surface area contributed by atoms with Gasteiger partial charge in [-0.3, -0.25) is 10.00 Å². The van der Waals surface area contributed by atoms with Crippen LogP contribution in [-0.4, -0.2) is 38.9 Å². The highest BCUT2D eigenvalue weighted by Gasteiger charge is 2.29. The van der Waals surface area contributed by atoms with Crippen molar-refractivity contribution in [3.8, 4) is 5.88 Å². The van der Waals surface area contributed by atoms with E-state index in [0.717, 1.165) is 31.0 Å². The van der Waals surface area contributed by atoms with Crippen molar-refractivity contribution in [3.05, 3.63) is 24.0 Å². The Balaban J connectivity index is 1.71. The van der Waals surface area contributed by atoms with Crippen LogP contribution in [0.2, 0.25) is 0 Å². The average molecular weight is 249 g/mol. The van der Waals surface area contributed by atoms with E-state index < -0.39 is 0 Å². The van der Waals surface area contributed by atoms with E-state index in [9.17, 15) is 0 Å². The molecule has 0 amide bonds. The number of hydrogen-bond acceptors (Lipinski definition) is 6. The first-order valence-electron chi connectivity index (χ1n) is 5.95. The second kappa shape index (κ2) is 4.77. The molecule has 2 aromatic rings. The molecule has 1 atom stereocenters. The second-order valence-corrected chi connectivity index (χ2v) is 4.33. The summed E-state index contributed by atoms with van der Waals surface area (Å²) < 4.78 is 10.2. The van der Waals surface area contributed by atoms with Crippen LogP contribution in [0.15, 0.2) is 16.9 Å². The highest BCUT2D eigenvalue weighted by atomic mass is 16.5. The number of aromatic nitrogens is 4. The highest BCUT2D eigenvalue weighted by molar-refractivity contribution is 5.11. The van der Waals surface area contributed by atoms with Crippen LogP contribution in [-0.2, 0) is 6.54 Å². The summed E-state index contributed by atoms with van der Waals surface area (Å²) in [5.74, 6) is 2.23. The SMILES string of the molecule is COc1cc(CN2CCC[C@H]2c2ncn[nH]2)on1. The summed E-state index contributed by atoms with van der Waals surface area (Å²) >= 11 is 0. The molecule has 1 saturated heterocycles. The fourth-order valence-electron chi connectivity index (χ4n) is 2.37. The average Bonchev–Trinajstić information content (AvgIpc) is 3.09. The summed E-state index contributed by atoms with van der Waals surface area (Å²) in [5.41, 5.74) is 0. The molecule has 1 N–H and O–H groups in total. The first kappa shape index (κ1) is 11.2. The number of ether oxygens (including phenoxy) is 1. The zero-order valence-corrected chi connectivity index (χ0v) is 10.2. The van der Waals surface area contributed by atoms with Crippen LogP contribution in [0, 0.1) is 0 Å².